The average molecular weight is 233 g/mol. The molecule has 0 spiro atoms. The third-order valence-corrected chi connectivity index (χ3v) is 1.91. The van der Waals surface area contributed by atoms with Crippen LogP contribution in [0.15, 0.2) is 33.5 Å². The van der Waals surface area contributed by atoms with Crippen molar-refractivity contribution >= 4 is 17.9 Å². The van der Waals surface area contributed by atoms with Crippen molar-refractivity contribution < 1.29 is 14.0 Å². The van der Waals surface area contributed by atoms with Gasteiger partial charge in [0, 0.05) is 12.3 Å². The first-order chi connectivity index (χ1) is 8.24. The molecule has 2 heterocycles. The van der Waals surface area contributed by atoms with Gasteiger partial charge in [0.25, 0.3) is 0 Å². The van der Waals surface area contributed by atoms with Crippen LogP contribution in [0, 0.1) is 13.8 Å². The van der Waals surface area contributed by atoms with E-state index in [4.69, 9.17) is 9.05 Å². The zero-order valence-electron chi connectivity index (χ0n) is 9.60. The second-order valence-electron chi connectivity index (χ2n) is 3.46. The predicted molar refractivity (Wildman–Crippen MR) is 61.9 cm³/mol. The zero-order chi connectivity index (χ0) is 12.1. The van der Waals surface area contributed by atoms with Gasteiger partial charge in [-0.05, 0) is 19.9 Å². The standard InChI is InChI=1S/C11H12N4O2/c1-8-6-10(14-16-8)12-4-3-5-13-11-7-9(2)17-15-11/h3-7H,1-2H3,(H,12,14)/p+1. The summed E-state index contributed by atoms with van der Waals surface area (Å²) in [6, 6.07) is 3.61. The maximum Gasteiger partial charge on any atom is 0.371 e. The van der Waals surface area contributed by atoms with Crippen molar-refractivity contribution in [1.29, 1.82) is 0 Å². The van der Waals surface area contributed by atoms with Gasteiger partial charge in [0.2, 0.25) is 0 Å². The topological polar surface area (TPSA) is 78.1 Å². The molecular weight excluding hydrogens is 220 g/mol. The molecule has 6 nitrogen and oxygen atoms in total. The summed E-state index contributed by atoms with van der Waals surface area (Å²) in [7, 11) is 0. The molecule has 0 fully saturated rings. The second-order valence-corrected chi connectivity index (χ2v) is 3.46. The maximum absolute atomic E-state index is 4.90. The summed E-state index contributed by atoms with van der Waals surface area (Å²) in [6.07, 6.45) is 5.25. The fraction of sp³-hybridized carbons (Fsp3) is 0.182. The van der Waals surface area contributed by atoms with E-state index in [0.29, 0.717) is 11.6 Å². The van der Waals surface area contributed by atoms with E-state index in [9.17, 15) is 0 Å². The summed E-state index contributed by atoms with van der Waals surface area (Å²) in [5.41, 5.74) is 0. The lowest BCUT2D eigenvalue weighted by Gasteiger charge is -1.87. The minimum atomic E-state index is 0.671. The van der Waals surface area contributed by atoms with Crippen LogP contribution in [0.2, 0.25) is 0 Å². The van der Waals surface area contributed by atoms with E-state index in [1.54, 1.807) is 30.6 Å². The van der Waals surface area contributed by atoms with E-state index >= 15 is 0 Å². The molecule has 0 aliphatic carbocycles. The Morgan fingerprint density at radius 3 is 2.59 bits per heavy atom. The highest BCUT2D eigenvalue weighted by Crippen LogP contribution is 2.06. The van der Waals surface area contributed by atoms with Crippen LogP contribution in [0.5, 0.6) is 0 Å². The minimum Gasteiger partial charge on any atom is -0.360 e. The van der Waals surface area contributed by atoms with E-state index in [2.05, 4.69) is 20.6 Å². The van der Waals surface area contributed by atoms with Crippen LogP contribution in [-0.2, 0) is 0 Å². The number of hydrogen-bond acceptors (Lipinski definition) is 5. The fourth-order valence-corrected chi connectivity index (χ4v) is 1.18. The molecule has 0 radical (unpaired) electrons. The molecule has 2 rings (SSSR count). The first-order valence-corrected chi connectivity index (χ1v) is 5.12. The molecule has 0 atom stereocenters. The van der Waals surface area contributed by atoms with Gasteiger partial charge in [0.15, 0.2) is 16.7 Å². The van der Waals surface area contributed by atoms with Crippen molar-refractivity contribution in [2.75, 3.05) is 5.32 Å². The highest BCUT2D eigenvalue weighted by atomic mass is 16.5. The van der Waals surface area contributed by atoms with E-state index in [-0.39, 0.29) is 0 Å². The third-order valence-electron chi connectivity index (χ3n) is 1.91. The largest absolute Gasteiger partial charge is 0.371 e. The van der Waals surface area contributed by atoms with Crippen LogP contribution in [0.3, 0.4) is 0 Å². The Labute approximate surface area is 98.0 Å². The molecule has 0 amide bonds. The van der Waals surface area contributed by atoms with E-state index in [1.807, 2.05) is 13.8 Å². The van der Waals surface area contributed by atoms with Crippen LogP contribution >= 0.6 is 0 Å². The van der Waals surface area contributed by atoms with Crippen molar-refractivity contribution in [3.05, 3.63) is 35.9 Å². The molecule has 0 unspecified atom stereocenters. The third kappa shape index (κ3) is 3.30. The molecule has 6 heteroatoms. The lowest BCUT2D eigenvalue weighted by molar-refractivity contribution is -0.353. The Hall–Kier alpha value is -2.37. The molecule has 88 valence electrons. The Bertz CT molecular complexity index is 539. The second kappa shape index (κ2) is 5.11. The summed E-state index contributed by atoms with van der Waals surface area (Å²) in [6.45, 7) is 3.67. The number of nitrogens with zero attached hydrogens (tertiary/aromatic N) is 2. The average Bonchev–Trinajstić information content (AvgIpc) is 2.88. The molecule has 2 aromatic heterocycles. The summed E-state index contributed by atoms with van der Waals surface area (Å²) in [5.74, 6) is 2.87. The smallest absolute Gasteiger partial charge is 0.360 e. The van der Waals surface area contributed by atoms with Crippen LogP contribution < -0.4 is 10.3 Å². The van der Waals surface area contributed by atoms with Crippen LogP contribution in [0.4, 0.5) is 11.6 Å². The lowest BCUT2D eigenvalue weighted by Crippen LogP contribution is -2.61. The van der Waals surface area contributed by atoms with Crippen molar-refractivity contribution in [3.8, 4) is 0 Å². The van der Waals surface area contributed by atoms with Gasteiger partial charge in [-0.25, -0.2) is 4.99 Å². The summed E-state index contributed by atoms with van der Waals surface area (Å²) in [4.78, 5) is 2.96. The molecule has 0 aromatic carbocycles. The van der Waals surface area contributed by atoms with Crippen LogP contribution in [-0.4, -0.2) is 16.5 Å². The van der Waals surface area contributed by atoms with Gasteiger partial charge in [0.05, 0.1) is 12.3 Å². The summed E-state index contributed by atoms with van der Waals surface area (Å²) in [5, 5.41) is 10.5. The highest BCUT2D eigenvalue weighted by molar-refractivity contribution is 5.66. The van der Waals surface area contributed by atoms with Crippen molar-refractivity contribution in [2.24, 2.45) is 0 Å². The molecule has 2 N–H and O–H groups in total. The van der Waals surface area contributed by atoms with Gasteiger partial charge in [-0.2, -0.15) is 0 Å². The van der Waals surface area contributed by atoms with Crippen molar-refractivity contribution in [3.63, 3.8) is 0 Å². The first-order valence-electron chi connectivity index (χ1n) is 5.12. The fourth-order valence-electron chi connectivity index (χ4n) is 1.18. The van der Waals surface area contributed by atoms with E-state index < -0.39 is 0 Å². The van der Waals surface area contributed by atoms with Gasteiger partial charge in [-0.1, -0.05) is 5.16 Å². The molecule has 0 aliphatic heterocycles. The highest BCUT2D eigenvalue weighted by Gasteiger charge is 2.03. The molecule has 0 aliphatic rings. The van der Waals surface area contributed by atoms with E-state index in [0.717, 1.165) is 11.5 Å². The van der Waals surface area contributed by atoms with Gasteiger partial charge in [-0.3, -0.25) is 4.52 Å². The first kappa shape index (κ1) is 11.1. The normalized spacial score (nSPS) is 11.6. The summed E-state index contributed by atoms with van der Waals surface area (Å²) < 4.78 is 9.80. The molecule has 2 aromatic rings. The van der Waals surface area contributed by atoms with Crippen LogP contribution in [0.25, 0.3) is 0 Å². The monoisotopic (exact) mass is 233 g/mol. The van der Waals surface area contributed by atoms with Gasteiger partial charge in [0.1, 0.15) is 5.76 Å². The Morgan fingerprint density at radius 1 is 1.18 bits per heavy atom. The summed E-state index contributed by atoms with van der Waals surface area (Å²) >= 11 is 0. The maximum atomic E-state index is 4.90. The number of rotatable bonds is 4. The molecular formula is C11H13N4O2+. The predicted octanol–water partition coefficient (Wildman–Crippen LogP) is 0.688. The van der Waals surface area contributed by atoms with Gasteiger partial charge >= 0.3 is 5.82 Å². The van der Waals surface area contributed by atoms with Gasteiger partial charge in [-0.15, -0.1) is 0 Å². The van der Waals surface area contributed by atoms with Crippen molar-refractivity contribution in [1.82, 2.24) is 10.3 Å². The quantitative estimate of drug-likeness (QED) is 0.759. The molecule has 0 saturated heterocycles. The number of anilines is 1. The SMILES string of the molecule is Cc1cc(NC=CC=[NH+]c2cc(C)on2)no1. The Kier molecular flexibility index (Phi) is 3.34. The lowest BCUT2D eigenvalue weighted by atomic mass is 10.5. The molecule has 17 heavy (non-hydrogen) atoms. The van der Waals surface area contributed by atoms with Crippen LogP contribution in [0.1, 0.15) is 11.5 Å². The Morgan fingerprint density at radius 2 is 1.94 bits per heavy atom. The molecule has 0 saturated carbocycles. The number of hydrogen-bond donors (Lipinski definition) is 2. The van der Waals surface area contributed by atoms with Gasteiger partial charge < -0.3 is 9.84 Å². The van der Waals surface area contributed by atoms with E-state index in [1.165, 1.54) is 0 Å². The van der Waals surface area contributed by atoms with Crippen molar-refractivity contribution in [2.45, 2.75) is 13.8 Å². The Balaban J connectivity index is 1.84. The zero-order valence-corrected chi connectivity index (χ0v) is 9.60. The number of allylic oxidation sites excluding steroid dienone is 1. The number of nitrogens with one attached hydrogen (secondary N) is 2. The minimum absolute atomic E-state index is 0.671. The number of aromatic nitrogens is 2. The molecule has 0 bridgehead atoms. The number of aryl methyl sites for hydroxylation is 2.